The van der Waals surface area contributed by atoms with E-state index in [1.807, 2.05) is 18.2 Å². The highest BCUT2D eigenvalue weighted by Crippen LogP contribution is 2.23. The van der Waals surface area contributed by atoms with Crippen LogP contribution in [-0.2, 0) is 0 Å². The van der Waals surface area contributed by atoms with E-state index in [-0.39, 0.29) is 5.69 Å². The summed E-state index contributed by atoms with van der Waals surface area (Å²) < 4.78 is 0.476. The Morgan fingerprint density at radius 1 is 1.19 bits per heavy atom. The first-order valence-electron chi connectivity index (χ1n) is 5.79. The molecule has 0 aliphatic heterocycles. The number of benzene rings is 2. The van der Waals surface area contributed by atoms with Gasteiger partial charge in [-0.3, -0.25) is 21.0 Å². The van der Waals surface area contributed by atoms with Crippen molar-refractivity contribution in [1.29, 1.82) is 0 Å². The van der Waals surface area contributed by atoms with Gasteiger partial charge in [0.25, 0.3) is 5.69 Å². The fourth-order valence-electron chi connectivity index (χ4n) is 1.45. The van der Waals surface area contributed by atoms with Crippen molar-refractivity contribution in [1.82, 2.24) is 5.43 Å². The molecule has 0 spiro atoms. The molecule has 2 aromatic carbocycles. The average Bonchev–Trinajstić information content (AvgIpc) is 2.47. The van der Waals surface area contributed by atoms with Crippen molar-refractivity contribution in [2.75, 3.05) is 5.43 Å². The Bertz CT molecular complexity index is 665. The van der Waals surface area contributed by atoms with Crippen molar-refractivity contribution in [3.63, 3.8) is 0 Å². The van der Waals surface area contributed by atoms with E-state index in [2.05, 4.69) is 10.9 Å². The summed E-state index contributed by atoms with van der Waals surface area (Å²) in [5.74, 6) is 0. The molecule has 0 aromatic heterocycles. The van der Waals surface area contributed by atoms with Crippen LogP contribution in [0.5, 0.6) is 0 Å². The summed E-state index contributed by atoms with van der Waals surface area (Å²) in [5.41, 5.74) is 6.52. The predicted molar refractivity (Wildman–Crippen MR) is 89.8 cm³/mol. The van der Waals surface area contributed by atoms with Gasteiger partial charge in [0, 0.05) is 17.0 Å². The monoisotopic (exact) mass is 339 g/mol. The molecule has 0 fully saturated rings. The van der Waals surface area contributed by atoms with Crippen molar-refractivity contribution in [2.45, 2.75) is 4.90 Å². The highest BCUT2D eigenvalue weighted by atomic mass is 35.5. The number of hydrogen-bond acceptors (Lipinski definition) is 5. The minimum Gasteiger partial charge on any atom is -0.298 e. The first-order chi connectivity index (χ1) is 10.1. The molecule has 0 radical (unpaired) electrons. The zero-order chi connectivity index (χ0) is 15.2. The molecule has 0 amide bonds. The first-order valence-corrected chi connectivity index (χ1v) is 7.39. The van der Waals surface area contributed by atoms with Gasteiger partial charge in [0.2, 0.25) is 0 Å². The molecule has 2 N–H and O–H groups in total. The Morgan fingerprint density at radius 3 is 2.48 bits per heavy atom. The number of anilines is 1. The second-order valence-electron chi connectivity index (χ2n) is 3.87. The highest BCUT2D eigenvalue weighted by molar-refractivity contribution is 8.23. The van der Waals surface area contributed by atoms with Crippen LogP contribution in [0.1, 0.15) is 0 Å². The number of thioether (sulfide) groups is 1. The molecule has 0 unspecified atom stereocenters. The lowest BCUT2D eigenvalue weighted by molar-refractivity contribution is -0.384. The van der Waals surface area contributed by atoms with Gasteiger partial charge in [0.05, 0.1) is 15.6 Å². The third-order valence-corrected chi connectivity index (χ3v) is 3.91. The highest BCUT2D eigenvalue weighted by Gasteiger charge is 2.06. The predicted octanol–water partition coefficient (Wildman–Crippen LogP) is 4.24. The van der Waals surface area contributed by atoms with Crippen LogP contribution in [0.3, 0.4) is 0 Å². The number of hydrogen-bond donors (Lipinski definition) is 2. The Kier molecular flexibility index (Phi) is 5.38. The van der Waals surface area contributed by atoms with Crippen molar-refractivity contribution in [2.24, 2.45) is 0 Å². The number of thiocarbonyl (C=S) groups is 1. The quantitative estimate of drug-likeness (QED) is 0.376. The van der Waals surface area contributed by atoms with Gasteiger partial charge in [-0.25, -0.2) is 0 Å². The maximum Gasteiger partial charge on any atom is 0.269 e. The zero-order valence-electron chi connectivity index (χ0n) is 10.6. The first kappa shape index (κ1) is 15.6. The second-order valence-corrected chi connectivity index (χ2v) is 6.03. The standard InChI is InChI=1S/C13H10ClN3O2S2/c14-11-3-1-2-4-12(11)15-16-13(20)21-10-7-5-9(6-8-10)17(18)19/h1-8,15H,(H,16,20). The van der Waals surface area contributed by atoms with Gasteiger partial charge in [0.15, 0.2) is 4.32 Å². The molecule has 8 heteroatoms. The molecule has 0 aliphatic rings. The number of hydrazine groups is 1. The van der Waals surface area contributed by atoms with E-state index in [0.29, 0.717) is 15.0 Å². The summed E-state index contributed by atoms with van der Waals surface area (Å²) in [6, 6.07) is 13.4. The normalized spacial score (nSPS) is 9.95. The number of nitro benzene ring substituents is 1. The van der Waals surface area contributed by atoms with Crippen molar-refractivity contribution >= 4 is 51.3 Å². The van der Waals surface area contributed by atoms with E-state index in [0.717, 1.165) is 4.90 Å². The van der Waals surface area contributed by atoms with E-state index in [1.165, 1.54) is 23.9 Å². The van der Waals surface area contributed by atoms with Crippen molar-refractivity contribution < 1.29 is 4.92 Å². The zero-order valence-corrected chi connectivity index (χ0v) is 13.0. The SMILES string of the molecule is O=[N+]([O-])c1ccc(SC(=S)NNc2ccccc2Cl)cc1. The topological polar surface area (TPSA) is 67.2 Å². The van der Waals surface area contributed by atoms with E-state index in [4.69, 9.17) is 23.8 Å². The summed E-state index contributed by atoms with van der Waals surface area (Å²) >= 11 is 12.5. The summed E-state index contributed by atoms with van der Waals surface area (Å²) in [6.45, 7) is 0. The Morgan fingerprint density at radius 2 is 1.86 bits per heavy atom. The average molecular weight is 340 g/mol. The lowest BCUT2D eigenvalue weighted by Crippen LogP contribution is -2.25. The Labute approximate surface area is 135 Å². The fourth-order valence-corrected chi connectivity index (χ4v) is 2.56. The summed E-state index contributed by atoms with van der Waals surface area (Å²) in [5, 5.41) is 11.1. The van der Waals surface area contributed by atoms with Gasteiger partial charge in [-0.15, -0.1) is 0 Å². The number of halogens is 1. The number of rotatable bonds is 4. The van der Waals surface area contributed by atoms with Gasteiger partial charge >= 0.3 is 0 Å². The van der Waals surface area contributed by atoms with Crippen LogP contribution >= 0.6 is 35.6 Å². The molecule has 2 rings (SSSR count). The summed E-state index contributed by atoms with van der Waals surface area (Å²) in [7, 11) is 0. The van der Waals surface area contributed by atoms with Crippen LogP contribution in [0.15, 0.2) is 53.4 Å². The molecule has 0 saturated heterocycles. The molecule has 21 heavy (non-hydrogen) atoms. The van der Waals surface area contributed by atoms with Gasteiger partial charge in [-0.05, 0) is 24.3 Å². The van der Waals surface area contributed by atoms with Crippen molar-refractivity contribution in [3.8, 4) is 0 Å². The van der Waals surface area contributed by atoms with E-state index in [1.54, 1.807) is 18.2 Å². The van der Waals surface area contributed by atoms with Crippen LogP contribution in [0, 0.1) is 10.1 Å². The van der Waals surface area contributed by atoms with E-state index in [9.17, 15) is 10.1 Å². The molecule has 108 valence electrons. The number of non-ortho nitro benzene ring substituents is 1. The van der Waals surface area contributed by atoms with Gasteiger partial charge < -0.3 is 0 Å². The van der Waals surface area contributed by atoms with Crippen LogP contribution in [0.4, 0.5) is 11.4 Å². The molecule has 0 saturated carbocycles. The smallest absolute Gasteiger partial charge is 0.269 e. The third kappa shape index (κ3) is 4.59. The van der Waals surface area contributed by atoms with Gasteiger partial charge in [0.1, 0.15) is 0 Å². The van der Waals surface area contributed by atoms with Crippen LogP contribution in [0.2, 0.25) is 5.02 Å². The molecule has 0 bridgehead atoms. The Balaban J connectivity index is 1.90. The lowest BCUT2D eigenvalue weighted by Gasteiger charge is -2.11. The number of nitrogens with zero attached hydrogens (tertiary/aromatic N) is 1. The molecular weight excluding hydrogens is 330 g/mol. The lowest BCUT2D eigenvalue weighted by atomic mass is 10.3. The number of para-hydroxylation sites is 1. The van der Waals surface area contributed by atoms with E-state index < -0.39 is 4.92 Å². The molecule has 0 heterocycles. The Hall–Kier alpha value is -1.83. The molecule has 0 atom stereocenters. The van der Waals surface area contributed by atoms with Gasteiger partial charge in [-0.2, -0.15) is 0 Å². The molecule has 0 aliphatic carbocycles. The third-order valence-electron chi connectivity index (χ3n) is 2.43. The minimum absolute atomic E-state index is 0.0485. The van der Waals surface area contributed by atoms with Crippen LogP contribution < -0.4 is 10.9 Å². The number of nitro groups is 1. The van der Waals surface area contributed by atoms with Crippen molar-refractivity contribution in [3.05, 3.63) is 63.7 Å². The molecular formula is C13H10ClN3O2S2. The van der Waals surface area contributed by atoms with Crippen LogP contribution in [0.25, 0.3) is 0 Å². The summed E-state index contributed by atoms with van der Waals surface area (Å²) in [6.07, 6.45) is 0. The second kappa shape index (κ2) is 7.26. The maximum absolute atomic E-state index is 10.6. The van der Waals surface area contributed by atoms with Gasteiger partial charge in [-0.1, -0.05) is 47.7 Å². The number of nitrogens with one attached hydrogen (secondary N) is 2. The summed E-state index contributed by atoms with van der Waals surface area (Å²) in [4.78, 5) is 10.9. The fraction of sp³-hybridized carbons (Fsp3) is 0. The minimum atomic E-state index is -0.441. The van der Waals surface area contributed by atoms with Crippen LogP contribution in [-0.4, -0.2) is 9.24 Å². The largest absolute Gasteiger partial charge is 0.298 e. The molecule has 2 aromatic rings. The maximum atomic E-state index is 10.6. The molecule has 5 nitrogen and oxygen atoms in total. The van der Waals surface area contributed by atoms with E-state index >= 15 is 0 Å².